The molecular weight excluding hydrogens is 316 g/mol. The minimum atomic E-state index is -0.817. The highest BCUT2D eigenvalue weighted by Gasteiger charge is 2.19. The fraction of sp³-hybridized carbons (Fsp3) is 0.312. The second kappa shape index (κ2) is 7.15. The molecular formula is C16H16N2O2S2. The van der Waals surface area contributed by atoms with E-state index in [1.807, 2.05) is 18.2 Å². The van der Waals surface area contributed by atoms with Crippen LogP contribution >= 0.6 is 23.5 Å². The number of carbonyl (C=O) groups is 1. The quantitative estimate of drug-likeness (QED) is 0.670. The molecule has 0 bridgehead atoms. The van der Waals surface area contributed by atoms with Gasteiger partial charge in [-0.3, -0.25) is 4.79 Å². The number of hydrogen-bond acceptors (Lipinski definition) is 5. The van der Waals surface area contributed by atoms with Gasteiger partial charge in [0.05, 0.1) is 16.3 Å². The monoisotopic (exact) mass is 332 g/mol. The summed E-state index contributed by atoms with van der Waals surface area (Å²) in [4.78, 5) is 21.2. The summed E-state index contributed by atoms with van der Waals surface area (Å²) in [6.45, 7) is 0. The van der Waals surface area contributed by atoms with Gasteiger partial charge in [-0.25, -0.2) is 9.97 Å². The first kappa shape index (κ1) is 15.4. The Morgan fingerprint density at radius 1 is 1.27 bits per heavy atom. The highest BCUT2D eigenvalue weighted by Crippen LogP contribution is 2.36. The van der Waals surface area contributed by atoms with Crippen LogP contribution in [0, 0.1) is 0 Å². The van der Waals surface area contributed by atoms with Gasteiger partial charge >= 0.3 is 5.97 Å². The molecule has 0 atom stereocenters. The summed E-state index contributed by atoms with van der Waals surface area (Å²) in [6, 6.07) is 10.1. The molecule has 1 aromatic carbocycles. The lowest BCUT2D eigenvalue weighted by Crippen LogP contribution is -2.10. The summed E-state index contributed by atoms with van der Waals surface area (Å²) in [5.74, 6) is 1.05. The van der Waals surface area contributed by atoms with Gasteiger partial charge in [-0.1, -0.05) is 42.1 Å². The lowest BCUT2D eigenvalue weighted by atomic mass is 10.1. The lowest BCUT2D eigenvalue weighted by molar-refractivity contribution is -0.133. The van der Waals surface area contributed by atoms with Gasteiger partial charge in [0.25, 0.3) is 0 Å². The van der Waals surface area contributed by atoms with Crippen molar-refractivity contribution in [2.45, 2.75) is 29.2 Å². The minimum Gasteiger partial charge on any atom is -0.481 e. The molecule has 0 radical (unpaired) electrons. The minimum absolute atomic E-state index is 0.0365. The molecule has 22 heavy (non-hydrogen) atoms. The van der Waals surface area contributed by atoms with Crippen molar-refractivity contribution in [2.24, 2.45) is 0 Å². The Labute approximate surface area is 137 Å². The van der Waals surface area contributed by atoms with Crippen LogP contribution in [0.5, 0.6) is 0 Å². The molecule has 0 spiro atoms. The summed E-state index contributed by atoms with van der Waals surface area (Å²) < 4.78 is 0. The highest BCUT2D eigenvalue weighted by atomic mass is 32.2. The third kappa shape index (κ3) is 3.81. The molecule has 0 saturated carbocycles. The molecule has 0 fully saturated rings. The second-order valence-corrected chi connectivity index (χ2v) is 7.09. The van der Waals surface area contributed by atoms with Crippen molar-refractivity contribution in [3.05, 3.63) is 47.4 Å². The summed E-state index contributed by atoms with van der Waals surface area (Å²) in [7, 11) is 0. The second-order valence-electron chi connectivity index (χ2n) is 5.02. The lowest BCUT2D eigenvalue weighted by Gasteiger charge is -2.18. The fourth-order valence-corrected chi connectivity index (χ4v) is 4.35. The molecule has 0 saturated heterocycles. The molecule has 2 aromatic rings. The van der Waals surface area contributed by atoms with Crippen molar-refractivity contribution in [3.8, 4) is 0 Å². The van der Waals surface area contributed by atoms with Gasteiger partial charge in [0.1, 0.15) is 10.9 Å². The van der Waals surface area contributed by atoms with E-state index >= 15 is 0 Å². The van der Waals surface area contributed by atoms with Gasteiger partial charge < -0.3 is 5.11 Å². The summed E-state index contributed by atoms with van der Waals surface area (Å²) >= 11 is 3.04. The third-order valence-corrected chi connectivity index (χ3v) is 5.59. The van der Waals surface area contributed by atoms with E-state index < -0.39 is 5.97 Å². The molecule has 0 aliphatic carbocycles. The number of rotatable bonds is 5. The first-order chi connectivity index (χ1) is 10.7. The highest BCUT2D eigenvalue weighted by molar-refractivity contribution is 8.02. The van der Waals surface area contributed by atoms with E-state index in [0.717, 1.165) is 40.0 Å². The summed E-state index contributed by atoms with van der Waals surface area (Å²) in [5.41, 5.74) is 2.24. The van der Waals surface area contributed by atoms with E-state index in [4.69, 9.17) is 10.1 Å². The predicted molar refractivity (Wildman–Crippen MR) is 88.7 cm³/mol. The molecule has 2 heterocycles. The Balaban J connectivity index is 1.90. The molecule has 1 N–H and O–H groups in total. The standard InChI is InChI=1S/C16H16N2O2S2/c19-14(20)10-22-16-15-12(7-4-8-21-15)17-13(18-16)9-11-5-2-1-3-6-11/h1-3,5-6H,4,7-10H2,(H,19,20). The topological polar surface area (TPSA) is 63.1 Å². The van der Waals surface area contributed by atoms with Crippen LogP contribution < -0.4 is 0 Å². The zero-order valence-electron chi connectivity index (χ0n) is 12.0. The zero-order valence-corrected chi connectivity index (χ0v) is 13.6. The van der Waals surface area contributed by atoms with Gasteiger partial charge in [0, 0.05) is 6.42 Å². The number of hydrogen-bond donors (Lipinski definition) is 1. The number of carboxylic acid groups (broad SMARTS) is 1. The molecule has 1 aromatic heterocycles. The number of benzene rings is 1. The first-order valence-electron chi connectivity index (χ1n) is 7.13. The normalized spacial score (nSPS) is 13.6. The van der Waals surface area contributed by atoms with Crippen LogP contribution in [0.1, 0.15) is 23.5 Å². The van der Waals surface area contributed by atoms with Crippen molar-refractivity contribution in [1.82, 2.24) is 9.97 Å². The van der Waals surface area contributed by atoms with Gasteiger partial charge in [0.2, 0.25) is 0 Å². The Hall–Kier alpha value is -1.53. The Morgan fingerprint density at radius 2 is 2.09 bits per heavy atom. The number of aliphatic carboxylic acids is 1. The fourth-order valence-electron chi connectivity index (χ4n) is 2.34. The number of aromatic nitrogens is 2. The number of aryl methyl sites for hydroxylation is 1. The van der Waals surface area contributed by atoms with Crippen LogP contribution in [0.15, 0.2) is 40.3 Å². The third-order valence-electron chi connectivity index (χ3n) is 3.29. The van der Waals surface area contributed by atoms with E-state index in [-0.39, 0.29) is 5.75 Å². The molecule has 1 aliphatic rings. The maximum absolute atomic E-state index is 10.8. The van der Waals surface area contributed by atoms with E-state index in [1.54, 1.807) is 11.8 Å². The predicted octanol–water partition coefficient (Wildman–Crippen LogP) is 3.28. The van der Waals surface area contributed by atoms with Crippen LogP contribution in [0.25, 0.3) is 0 Å². The molecule has 4 nitrogen and oxygen atoms in total. The van der Waals surface area contributed by atoms with Crippen LogP contribution in [0.3, 0.4) is 0 Å². The average molecular weight is 332 g/mol. The maximum Gasteiger partial charge on any atom is 0.313 e. The van der Waals surface area contributed by atoms with E-state index in [2.05, 4.69) is 17.1 Å². The van der Waals surface area contributed by atoms with Crippen LogP contribution in [0.2, 0.25) is 0 Å². The molecule has 0 amide bonds. The van der Waals surface area contributed by atoms with Crippen LogP contribution in [0.4, 0.5) is 0 Å². The molecule has 6 heteroatoms. The van der Waals surface area contributed by atoms with Crippen molar-refractivity contribution in [2.75, 3.05) is 11.5 Å². The molecule has 0 unspecified atom stereocenters. The molecule has 114 valence electrons. The molecule has 1 aliphatic heterocycles. The van der Waals surface area contributed by atoms with Crippen LogP contribution in [-0.4, -0.2) is 32.5 Å². The van der Waals surface area contributed by atoms with Gasteiger partial charge in [0.15, 0.2) is 0 Å². The summed E-state index contributed by atoms with van der Waals surface area (Å²) in [5, 5.41) is 9.73. The van der Waals surface area contributed by atoms with E-state index in [0.29, 0.717) is 6.42 Å². The largest absolute Gasteiger partial charge is 0.481 e. The van der Waals surface area contributed by atoms with Crippen LogP contribution in [-0.2, 0) is 17.6 Å². The Kier molecular flexibility index (Phi) is 5.00. The number of thioether (sulfide) groups is 2. The maximum atomic E-state index is 10.8. The van der Waals surface area contributed by atoms with Crippen molar-refractivity contribution in [3.63, 3.8) is 0 Å². The van der Waals surface area contributed by atoms with E-state index in [1.165, 1.54) is 17.3 Å². The Morgan fingerprint density at radius 3 is 2.86 bits per heavy atom. The SMILES string of the molecule is O=C(O)CSc1nc(Cc2ccccc2)nc2c1SCCC2. The molecule has 3 rings (SSSR count). The number of fused-ring (bicyclic) bond motifs is 1. The van der Waals surface area contributed by atoms with Gasteiger partial charge in [-0.05, 0) is 24.2 Å². The summed E-state index contributed by atoms with van der Waals surface area (Å²) in [6.07, 6.45) is 2.75. The van der Waals surface area contributed by atoms with Gasteiger partial charge in [-0.15, -0.1) is 11.8 Å². The zero-order chi connectivity index (χ0) is 15.4. The number of nitrogens with zero attached hydrogens (tertiary/aromatic N) is 2. The Bertz CT molecular complexity index is 677. The van der Waals surface area contributed by atoms with Crippen molar-refractivity contribution in [1.29, 1.82) is 0 Å². The van der Waals surface area contributed by atoms with Crippen molar-refractivity contribution >= 4 is 29.5 Å². The first-order valence-corrected chi connectivity index (χ1v) is 9.10. The van der Waals surface area contributed by atoms with E-state index in [9.17, 15) is 4.79 Å². The average Bonchev–Trinajstić information content (AvgIpc) is 2.53. The smallest absolute Gasteiger partial charge is 0.313 e. The number of carboxylic acids is 1. The van der Waals surface area contributed by atoms with Crippen molar-refractivity contribution < 1.29 is 9.90 Å². The van der Waals surface area contributed by atoms with Gasteiger partial charge in [-0.2, -0.15) is 0 Å².